The maximum atomic E-state index is 5.73. The SMILES string of the molecule is Nc1cccc2cnccc12.c1nc(-c2ccc(N3CCCC3)cc2)cs1. The van der Waals surface area contributed by atoms with Gasteiger partial charge in [0.2, 0.25) is 0 Å². The Kier molecular flexibility index (Phi) is 5.30. The Morgan fingerprint density at radius 1 is 0.963 bits per heavy atom. The molecule has 0 radical (unpaired) electrons. The molecule has 0 spiro atoms. The zero-order chi connectivity index (χ0) is 18.5. The number of nitrogens with zero attached hydrogens (tertiary/aromatic N) is 3. The van der Waals surface area contributed by atoms with Crippen molar-refractivity contribution < 1.29 is 0 Å². The van der Waals surface area contributed by atoms with Gasteiger partial charge in [-0.2, -0.15) is 0 Å². The Bertz CT molecular complexity index is 985. The number of anilines is 2. The lowest BCUT2D eigenvalue weighted by atomic mass is 10.1. The number of pyridine rings is 1. The number of nitrogen functional groups attached to an aromatic ring is 1. The van der Waals surface area contributed by atoms with Gasteiger partial charge in [-0.3, -0.25) is 4.98 Å². The third-order valence-electron chi connectivity index (χ3n) is 4.78. The quantitative estimate of drug-likeness (QED) is 0.488. The minimum absolute atomic E-state index is 0.810. The Labute approximate surface area is 163 Å². The van der Waals surface area contributed by atoms with Gasteiger partial charge in [-0.05, 0) is 37.1 Å². The van der Waals surface area contributed by atoms with E-state index in [4.69, 9.17) is 5.73 Å². The van der Waals surface area contributed by atoms with E-state index in [9.17, 15) is 0 Å². The fourth-order valence-electron chi connectivity index (χ4n) is 3.32. The Hall–Kier alpha value is -2.92. The third-order valence-corrected chi connectivity index (χ3v) is 5.37. The van der Waals surface area contributed by atoms with Crippen LogP contribution in [0.25, 0.3) is 22.0 Å². The highest BCUT2D eigenvalue weighted by Crippen LogP contribution is 2.25. The van der Waals surface area contributed by atoms with Crippen molar-refractivity contribution in [3.8, 4) is 11.3 Å². The summed E-state index contributed by atoms with van der Waals surface area (Å²) in [5, 5.41) is 4.25. The van der Waals surface area contributed by atoms with Gasteiger partial charge in [0.15, 0.2) is 0 Å². The van der Waals surface area contributed by atoms with E-state index < -0.39 is 0 Å². The maximum absolute atomic E-state index is 5.73. The monoisotopic (exact) mass is 374 g/mol. The standard InChI is InChI=1S/C13H14N2S.C9H8N2/c1-2-8-15(7-1)12-5-3-11(4-6-12)13-9-16-10-14-13;10-9-3-1-2-7-6-11-5-4-8(7)9/h3-6,9-10H,1-2,7-8H2;1-6H,10H2. The molecule has 0 unspecified atom stereocenters. The number of fused-ring (bicyclic) bond motifs is 1. The molecule has 0 aliphatic carbocycles. The lowest BCUT2D eigenvalue weighted by Crippen LogP contribution is -2.17. The zero-order valence-corrected chi connectivity index (χ0v) is 15.9. The molecular formula is C22H22N4S. The van der Waals surface area contributed by atoms with E-state index in [-0.39, 0.29) is 0 Å². The van der Waals surface area contributed by atoms with Gasteiger partial charge in [0.05, 0.1) is 11.2 Å². The van der Waals surface area contributed by atoms with Gasteiger partial charge < -0.3 is 10.6 Å². The van der Waals surface area contributed by atoms with Crippen LogP contribution in [0.1, 0.15) is 12.8 Å². The second-order valence-electron chi connectivity index (χ2n) is 6.56. The van der Waals surface area contributed by atoms with Crippen LogP contribution in [0.2, 0.25) is 0 Å². The van der Waals surface area contributed by atoms with E-state index in [1.54, 1.807) is 17.5 Å². The second-order valence-corrected chi connectivity index (χ2v) is 7.28. The minimum Gasteiger partial charge on any atom is -0.398 e. The van der Waals surface area contributed by atoms with E-state index >= 15 is 0 Å². The molecule has 1 saturated heterocycles. The molecule has 27 heavy (non-hydrogen) atoms. The van der Waals surface area contributed by atoms with Crippen LogP contribution < -0.4 is 10.6 Å². The fourth-order valence-corrected chi connectivity index (χ4v) is 3.88. The highest BCUT2D eigenvalue weighted by molar-refractivity contribution is 7.07. The average molecular weight is 375 g/mol. The van der Waals surface area contributed by atoms with Crippen molar-refractivity contribution in [1.29, 1.82) is 0 Å². The number of thiazole rings is 1. The van der Waals surface area contributed by atoms with Crippen molar-refractivity contribution in [3.63, 3.8) is 0 Å². The van der Waals surface area contributed by atoms with Crippen LogP contribution in [0, 0.1) is 0 Å². The summed E-state index contributed by atoms with van der Waals surface area (Å²) in [5.74, 6) is 0. The topological polar surface area (TPSA) is 55.0 Å². The molecule has 5 rings (SSSR count). The molecule has 136 valence electrons. The number of hydrogen-bond donors (Lipinski definition) is 1. The van der Waals surface area contributed by atoms with Crippen LogP contribution in [-0.2, 0) is 0 Å². The molecule has 2 aromatic heterocycles. The van der Waals surface area contributed by atoms with Gasteiger partial charge in [-0.1, -0.05) is 24.3 Å². The molecular weight excluding hydrogens is 352 g/mol. The predicted molar refractivity (Wildman–Crippen MR) is 115 cm³/mol. The van der Waals surface area contributed by atoms with Crippen molar-refractivity contribution >= 4 is 33.5 Å². The van der Waals surface area contributed by atoms with E-state index in [0.717, 1.165) is 22.2 Å². The summed E-state index contributed by atoms with van der Waals surface area (Å²) in [6, 6.07) is 16.5. The maximum Gasteiger partial charge on any atom is 0.0811 e. The molecule has 1 aliphatic heterocycles. The van der Waals surface area contributed by atoms with Crippen LogP contribution in [0.15, 0.2) is 71.8 Å². The highest BCUT2D eigenvalue weighted by atomic mass is 32.1. The first-order valence-corrected chi connectivity index (χ1v) is 10.1. The Morgan fingerprint density at radius 3 is 2.48 bits per heavy atom. The first-order valence-electron chi connectivity index (χ1n) is 9.13. The summed E-state index contributed by atoms with van der Waals surface area (Å²) < 4.78 is 0. The van der Waals surface area contributed by atoms with Gasteiger partial charge in [-0.15, -0.1) is 11.3 Å². The summed E-state index contributed by atoms with van der Waals surface area (Å²) in [4.78, 5) is 10.8. The minimum atomic E-state index is 0.810. The predicted octanol–water partition coefficient (Wildman–Crippen LogP) is 5.23. The smallest absolute Gasteiger partial charge is 0.0811 e. The molecule has 0 atom stereocenters. The first kappa shape index (κ1) is 17.5. The summed E-state index contributed by atoms with van der Waals surface area (Å²) in [7, 11) is 0. The molecule has 3 heterocycles. The Morgan fingerprint density at radius 2 is 1.78 bits per heavy atom. The molecule has 4 nitrogen and oxygen atoms in total. The van der Waals surface area contributed by atoms with Gasteiger partial charge >= 0.3 is 0 Å². The number of aromatic nitrogens is 2. The average Bonchev–Trinajstić information content (AvgIpc) is 3.43. The van der Waals surface area contributed by atoms with Gasteiger partial charge in [0.25, 0.3) is 0 Å². The molecule has 0 bridgehead atoms. The van der Waals surface area contributed by atoms with Crippen molar-refractivity contribution in [3.05, 3.63) is 71.8 Å². The molecule has 5 heteroatoms. The van der Waals surface area contributed by atoms with E-state index in [2.05, 4.69) is 44.5 Å². The summed E-state index contributed by atoms with van der Waals surface area (Å²) in [5.41, 5.74) is 12.1. The zero-order valence-electron chi connectivity index (χ0n) is 15.1. The molecule has 1 aliphatic rings. The van der Waals surface area contributed by atoms with Crippen molar-refractivity contribution in [2.24, 2.45) is 0 Å². The van der Waals surface area contributed by atoms with Gasteiger partial charge in [0.1, 0.15) is 0 Å². The lowest BCUT2D eigenvalue weighted by molar-refractivity contribution is 0.949. The third kappa shape index (κ3) is 4.09. The summed E-state index contributed by atoms with van der Waals surface area (Å²) >= 11 is 1.64. The largest absolute Gasteiger partial charge is 0.398 e. The van der Waals surface area contributed by atoms with E-state index in [1.807, 2.05) is 36.0 Å². The van der Waals surface area contributed by atoms with Crippen molar-refractivity contribution in [1.82, 2.24) is 9.97 Å². The van der Waals surface area contributed by atoms with E-state index in [0.29, 0.717) is 0 Å². The van der Waals surface area contributed by atoms with Crippen LogP contribution in [0.5, 0.6) is 0 Å². The molecule has 2 N–H and O–H groups in total. The highest BCUT2D eigenvalue weighted by Gasteiger charge is 2.12. The number of nitrogens with two attached hydrogens (primary N) is 1. The summed E-state index contributed by atoms with van der Waals surface area (Å²) in [6.45, 7) is 2.41. The summed E-state index contributed by atoms with van der Waals surface area (Å²) in [6.07, 6.45) is 6.21. The first-order chi connectivity index (χ1) is 13.3. The fraction of sp³-hybridized carbons (Fsp3) is 0.182. The van der Waals surface area contributed by atoms with Gasteiger partial charge in [0, 0.05) is 58.6 Å². The molecule has 0 amide bonds. The van der Waals surface area contributed by atoms with E-state index in [1.165, 1.54) is 37.2 Å². The van der Waals surface area contributed by atoms with Crippen LogP contribution in [-0.4, -0.2) is 23.1 Å². The lowest BCUT2D eigenvalue weighted by Gasteiger charge is -2.17. The molecule has 0 saturated carbocycles. The molecule has 4 aromatic rings. The van der Waals surface area contributed by atoms with Crippen LogP contribution in [0.4, 0.5) is 11.4 Å². The number of benzene rings is 2. The van der Waals surface area contributed by atoms with Gasteiger partial charge in [-0.25, -0.2) is 4.98 Å². The van der Waals surface area contributed by atoms with Crippen molar-refractivity contribution in [2.75, 3.05) is 23.7 Å². The number of rotatable bonds is 2. The van der Waals surface area contributed by atoms with Crippen LogP contribution in [0.3, 0.4) is 0 Å². The normalized spacial score (nSPS) is 13.4. The molecule has 2 aromatic carbocycles. The van der Waals surface area contributed by atoms with Crippen LogP contribution >= 0.6 is 11.3 Å². The number of hydrogen-bond acceptors (Lipinski definition) is 5. The second kappa shape index (κ2) is 8.18. The molecule has 1 fully saturated rings. The van der Waals surface area contributed by atoms with Crippen molar-refractivity contribution in [2.45, 2.75) is 12.8 Å². The Balaban J connectivity index is 0.000000143.